The molecule has 2 heterocycles. The summed E-state index contributed by atoms with van der Waals surface area (Å²) in [5.74, 6) is 1.05. The maximum Gasteiger partial charge on any atom is 0.409 e. The van der Waals surface area contributed by atoms with Crippen molar-refractivity contribution in [2.75, 3.05) is 25.9 Å². The number of rotatable bonds is 2. The number of carbonyl (C=O) groups excluding carboxylic acids is 1. The van der Waals surface area contributed by atoms with E-state index in [1.54, 1.807) is 4.90 Å². The highest BCUT2D eigenvalue weighted by atomic mass is 16.5. The van der Waals surface area contributed by atoms with Gasteiger partial charge in [0.2, 0.25) is 0 Å². The third kappa shape index (κ3) is 2.34. The zero-order valence-corrected chi connectivity index (χ0v) is 11.9. The molecule has 3 rings (SSSR count). The van der Waals surface area contributed by atoms with Crippen LogP contribution in [0, 0.1) is 0 Å². The molecule has 2 N–H and O–H groups in total. The highest BCUT2D eigenvalue weighted by molar-refractivity contribution is 5.68. The zero-order valence-electron chi connectivity index (χ0n) is 11.9. The molecule has 1 aliphatic heterocycles. The van der Waals surface area contributed by atoms with Crippen LogP contribution in [0.2, 0.25) is 0 Å². The second kappa shape index (κ2) is 5.34. The van der Waals surface area contributed by atoms with Crippen molar-refractivity contribution < 1.29 is 9.53 Å². The molecule has 1 aromatic rings. The molecular weight excluding hydrogens is 256 g/mol. The molecule has 6 nitrogen and oxygen atoms in total. The SMILES string of the molecule is COC(=O)N1CC(c2cc(N)n(C3CCCCC3)n2)C1. The molecule has 110 valence electrons. The minimum Gasteiger partial charge on any atom is -0.453 e. The number of hydrogen-bond acceptors (Lipinski definition) is 4. The molecule has 6 heteroatoms. The van der Waals surface area contributed by atoms with Crippen molar-refractivity contribution in [1.29, 1.82) is 0 Å². The normalized spacial score (nSPS) is 20.8. The van der Waals surface area contributed by atoms with E-state index in [0.717, 1.165) is 11.5 Å². The van der Waals surface area contributed by atoms with Gasteiger partial charge in [-0.25, -0.2) is 9.48 Å². The maximum absolute atomic E-state index is 11.3. The molecule has 2 aliphatic rings. The summed E-state index contributed by atoms with van der Waals surface area (Å²) in [6.07, 6.45) is 5.92. The monoisotopic (exact) mass is 278 g/mol. The van der Waals surface area contributed by atoms with Crippen molar-refractivity contribution in [2.24, 2.45) is 0 Å². The van der Waals surface area contributed by atoms with E-state index in [4.69, 9.17) is 10.5 Å². The first-order chi connectivity index (χ1) is 9.69. The van der Waals surface area contributed by atoms with Crippen LogP contribution in [0.25, 0.3) is 0 Å². The van der Waals surface area contributed by atoms with Gasteiger partial charge in [0.05, 0.1) is 18.8 Å². The van der Waals surface area contributed by atoms with Gasteiger partial charge in [-0.15, -0.1) is 0 Å². The number of aromatic nitrogens is 2. The Labute approximate surface area is 118 Å². The van der Waals surface area contributed by atoms with Crippen LogP contribution in [0.1, 0.15) is 49.8 Å². The summed E-state index contributed by atoms with van der Waals surface area (Å²) in [7, 11) is 1.41. The van der Waals surface area contributed by atoms with E-state index in [1.807, 2.05) is 10.7 Å². The van der Waals surface area contributed by atoms with E-state index in [2.05, 4.69) is 5.10 Å². The lowest BCUT2D eigenvalue weighted by molar-refractivity contribution is 0.0870. The number of anilines is 1. The van der Waals surface area contributed by atoms with Crippen molar-refractivity contribution in [3.8, 4) is 0 Å². The largest absolute Gasteiger partial charge is 0.453 e. The standard InChI is InChI=1S/C14H22N4O2/c1-20-14(19)17-8-10(9-17)12-7-13(15)18(16-12)11-5-3-2-4-6-11/h7,10-11H,2-6,8-9,15H2,1H3. The van der Waals surface area contributed by atoms with E-state index in [1.165, 1.54) is 39.2 Å². The van der Waals surface area contributed by atoms with Crippen molar-refractivity contribution in [3.63, 3.8) is 0 Å². The van der Waals surface area contributed by atoms with E-state index >= 15 is 0 Å². The minimum absolute atomic E-state index is 0.263. The van der Waals surface area contributed by atoms with E-state index in [0.29, 0.717) is 25.0 Å². The molecule has 1 amide bonds. The van der Waals surface area contributed by atoms with Crippen LogP contribution in [-0.2, 0) is 4.74 Å². The molecule has 1 saturated carbocycles. The Bertz CT molecular complexity index is 487. The first-order valence-electron chi connectivity index (χ1n) is 7.37. The van der Waals surface area contributed by atoms with Gasteiger partial charge in [-0.1, -0.05) is 19.3 Å². The van der Waals surface area contributed by atoms with Gasteiger partial charge in [-0.3, -0.25) is 0 Å². The fraction of sp³-hybridized carbons (Fsp3) is 0.714. The Hall–Kier alpha value is -1.72. The second-order valence-corrected chi connectivity index (χ2v) is 5.80. The van der Waals surface area contributed by atoms with Crippen LogP contribution in [0.4, 0.5) is 10.6 Å². The highest BCUT2D eigenvalue weighted by Crippen LogP contribution is 2.33. The van der Waals surface area contributed by atoms with Gasteiger partial charge in [0.25, 0.3) is 0 Å². The summed E-state index contributed by atoms with van der Waals surface area (Å²) in [4.78, 5) is 13.0. The lowest BCUT2D eigenvalue weighted by Gasteiger charge is -2.36. The van der Waals surface area contributed by atoms with Gasteiger partial charge in [0.15, 0.2) is 0 Å². The van der Waals surface area contributed by atoms with Crippen molar-refractivity contribution >= 4 is 11.9 Å². The predicted octanol–water partition coefficient (Wildman–Crippen LogP) is 2.14. The number of ether oxygens (including phenoxy) is 1. The molecule has 0 radical (unpaired) electrons. The molecular formula is C14H22N4O2. The molecule has 1 aliphatic carbocycles. The minimum atomic E-state index is -0.263. The first kappa shape index (κ1) is 13.3. The molecule has 20 heavy (non-hydrogen) atoms. The van der Waals surface area contributed by atoms with E-state index in [-0.39, 0.29) is 6.09 Å². The lowest BCUT2D eigenvalue weighted by Crippen LogP contribution is -2.48. The second-order valence-electron chi connectivity index (χ2n) is 5.80. The van der Waals surface area contributed by atoms with Crippen LogP contribution < -0.4 is 5.73 Å². The summed E-state index contributed by atoms with van der Waals surface area (Å²) in [5, 5.41) is 4.69. The molecule has 0 bridgehead atoms. The first-order valence-corrected chi connectivity index (χ1v) is 7.37. The van der Waals surface area contributed by atoms with E-state index in [9.17, 15) is 4.79 Å². The Balaban J connectivity index is 1.66. The van der Waals surface area contributed by atoms with Crippen molar-refractivity contribution in [2.45, 2.75) is 44.1 Å². The van der Waals surface area contributed by atoms with E-state index < -0.39 is 0 Å². The average Bonchev–Trinajstić information content (AvgIpc) is 2.79. The number of nitrogens with two attached hydrogens (primary N) is 1. The number of carbonyl (C=O) groups is 1. The molecule has 0 spiro atoms. The van der Waals surface area contributed by atoms with Crippen molar-refractivity contribution in [1.82, 2.24) is 14.7 Å². The molecule has 2 fully saturated rings. The van der Waals surface area contributed by atoms with Gasteiger partial charge in [-0.2, -0.15) is 5.10 Å². The predicted molar refractivity (Wildman–Crippen MR) is 75.5 cm³/mol. The van der Waals surface area contributed by atoms with Gasteiger partial charge < -0.3 is 15.4 Å². The lowest BCUT2D eigenvalue weighted by atomic mass is 9.96. The van der Waals surface area contributed by atoms with Crippen LogP contribution in [0.5, 0.6) is 0 Å². The average molecular weight is 278 g/mol. The summed E-state index contributed by atoms with van der Waals surface area (Å²) in [6, 6.07) is 2.42. The summed E-state index contributed by atoms with van der Waals surface area (Å²) in [6.45, 7) is 1.35. The highest BCUT2D eigenvalue weighted by Gasteiger charge is 2.34. The Morgan fingerprint density at radius 2 is 2.05 bits per heavy atom. The summed E-state index contributed by atoms with van der Waals surface area (Å²) >= 11 is 0. The van der Waals surface area contributed by atoms with Crippen LogP contribution in [0.3, 0.4) is 0 Å². The van der Waals surface area contributed by atoms with Gasteiger partial charge in [0.1, 0.15) is 5.82 Å². The van der Waals surface area contributed by atoms with Gasteiger partial charge in [-0.05, 0) is 12.8 Å². The number of nitrogens with zero attached hydrogens (tertiary/aromatic N) is 3. The summed E-state index contributed by atoms with van der Waals surface area (Å²) in [5.41, 5.74) is 7.11. The fourth-order valence-electron chi connectivity index (χ4n) is 3.19. The molecule has 0 aromatic carbocycles. The zero-order chi connectivity index (χ0) is 14.1. The van der Waals surface area contributed by atoms with Crippen LogP contribution in [0.15, 0.2) is 6.07 Å². The number of hydrogen-bond donors (Lipinski definition) is 1. The number of nitrogen functional groups attached to an aromatic ring is 1. The maximum atomic E-state index is 11.3. The molecule has 0 atom stereocenters. The topological polar surface area (TPSA) is 73.4 Å². The van der Waals surface area contributed by atoms with Crippen LogP contribution in [-0.4, -0.2) is 41.0 Å². The van der Waals surface area contributed by atoms with Crippen LogP contribution >= 0.6 is 0 Å². The Kier molecular flexibility index (Phi) is 3.54. The Morgan fingerprint density at radius 1 is 1.35 bits per heavy atom. The molecule has 0 unspecified atom stereocenters. The Morgan fingerprint density at radius 3 is 2.70 bits per heavy atom. The third-order valence-corrected chi connectivity index (χ3v) is 4.44. The number of likely N-dealkylation sites (tertiary alicyclic amines) is 1. The number of amides is 1. The fourth-order valence-corrected chi connectivity index (χ4v) is 3.19. The van der Waals surface area contributed by atoms with Gasteiger partial charge in [0, 0.05) is 25.1 Å². The summed E-state index contributed by atoms with van der Waals surface area (Å²) < 4.78 is 6.69. The number of methoxy groups -OCH3 is 1. The molecule has 1 aromatic heterocycles. The third-order valence-electron chi connectivity index (χ3n) is 4.44. The van der Waals surface area contributed by atoms with Crippen molar-refractivity contribution in [3.05, 3.63) is 11.8 Å². The molecule has 1 saturated heterocycles. The smallest absolute Gasteiger partial charge is 0.409 e. The van der Waals surface area contributed by atoms with Gasteiger partial charge >= 0.3 is 6.09 Å². The quantitative estimate of drug-likeness (QED) is 0.899.